The summed E-state index contributed by atoms with van der Waals surface area (Å²) in [6.07, 6.45) is 4.44. The van der Waals surface area contributed by atoms with Gasteiger partial charge in [0.25, 0.3) is 0 Å². The molecule has 0 aliphatic carbocycles. The van der Waals surface area contributed by atoms with Crippen LogP contribution in [0.15, 0.2) is 24.3 Å². The molecule has 0 atom stereocenters. The molecule has 1 aromatic carbocycles. The van der Waals surface area contributed by atoms with Gasteiger partial charge in [-0.05, 0) is 25.0 Å². The van der Waals surface area contributed by atoms with Gasteiger partial charge in [-0.3, -0.25) is 0 Å². The van der Waals surface area contributed by atoms with Crippen molar-refractivity contribution < 1.29 is 12.6 Å². The van der Waals surface area contributed by atoms with E-state index in [2.05, 4.69) is 18.7 Å². The van der Waals surface area contributed by atoms with Gasteiger partial charge in [-0.15, -0.1) is 0 Å². The average molecular weight is 300 g/mol. The molecule has 0 aliphatic rings. The van der Waals surface area contributed by atoms with Crippen LogP contribution in [0.2, 0.25) is 0 Å². The molecule has 0 unspecified atom stereocenters. The molecule has 0 saturated heterocycles. The van der Waals surface area contributed by atoms with Gasteiger partial charge >= 0.3 is 10.3 Å². The zero-order chi connectivity index (χ0) is 15.0. The van der Waals surface area contributed by atoms with Crippen molar-refractivity contribution in [1.29, 1.82) is 0 Å². The molecule has 1 rings (SSSR count). The smallest absolute Gasteiger partial charge is 0.371 e. The third-order valence-corrected chi connectivity index (χ3v) is 3.38. The molecule has 0 radical (unpaired) electrons. The van der Waals surface area contributed by atoms with Crippen LogP contribution in [0.5, 0.6) is 5.75 Å². The topological polar surface area (TPSA) is 72.6 Å². The molecule has 0 bridgehead atoms. The van der Waals surface area contributed by atoms with Crippen LogP contribution in [0, 0.1) is 0 Å². The number of nitrogens with zero attached hydrogens (tertiary/aromatic N) is 1. The molecule has 2 N–H and O–H groups in total. The van der Waals surface area contributed by atoms with E-state index in [0.29, 0.717) is 0 Å². The fraction of sp³-hybridized carbons (Fsp3) is 0.571. The fourth-order valence-electron chi connectivity index (χ4n) is 1.93. The van der Waals surface area contributed by atoms with Gasteiger partial charge in [-0.1, -0.05) is 32.8 Å². The Morgan fingerprint density at radius 1 is 1.15 bits per heavy atom. The Kier molecular flexibility index (Phi) is 6.81. The van der Waals surface area contributed by atoms with E-state index in [1.54, 1.807) is 18.2 Å². The first-order valence-corrected chi connectivity index (χ1v) is 8.50. The minimum absolute atomic E-state index is 0.253. The fourth-order valence-corrected chi connectivity index (χ4v) is 2.31. The third-order valence-electron chi connectivity index (χ3n) is 2.96. The quantitative estimate of drug-likeness (QED) is 0.761. The summed E-state index contributed by atoms with van der Waals surface area (Å²) in [7, 11) is -3.97. The van der Waals surface area contributed by atoms with Crippen LogP contribution in [-0.4, -0.2) is 21.5 Å². The van der Waals surface area contributed by atoms with E-state index in [-0.39, 0.29) is 5.75 Å². The molecule has 1 aromatic rings. The van der Waals surface area contributed by atoms with Gasteiger partial charge in [0.05, 0.1) is 0 Å². The molecule has 0 heterocycles. The average Bonchev–Trinajstić information content (AvgIpc) is 2.37. The summed E-state index contributed by atoms with van der Waals surface area (Å²) in [5, 5.41) is 4.89. The Hall–Kier alpha value is -1.27. The van der Waals surface area contributed by atoms with Crippen LogP contribution in [0.3, 0.4) is 0 Å². The normalized spacial score (nSPS) is 11.3. The van der Waals surface area contributed by atoms with Crippen molar-refractivity contribution in [1.82, 2.24) is 0 Å². The molecule has 5 nitrogen and oxygen atoms in total. The summed E-state index contributed by atoms with van der Waals surface area (Å²) in [4.78, 5) is 2.25. The van der Waals surface area contributed by atoms with Gasteiger partial charge in [0.15, 0.2) is 0 Å². The second kappa shape index (κ2) is 8.11. The number of hydrogen-bond donors (Lipinski definition) is 1. The standard InChI is InChI=1S/C14H24N2O3S/c1-3-5-10-16(11-6-4-2)13-8-7-9-14(12-13)19-20(15,17)18/h7-9,12H,3-6,10-11H2,1-2H3,(H2,15,17,18). The lowest BCUT2D eigenvalue weighted by Gasteiger charge is -2.25. The minimum Gasteiger partial charge on any atom is -0.371 e. The van der Waals surface area contributed by atoms with Crippen molar-refractivity contribution >= 4 is 16.0 Å². The summed E-state index contributed by atoms with van der Waals surface area (Å²) in [5.74, 6) is 0.253. The molecule has 20 heavy (non-hydrogen) atoms. The Morgan fingerprint density at radius 2 is 1.75 bits per heavy atom. The Labute approximate surface area is 122 Å². The Morgan fingerprint density at radius 3 is 2.25 bits per heavy atom. The van der Waals surface area contributed by atoms with Gasteiger partial charge < -0.3 is 9.08 Å². The number of unbranched alkanes of at least 4 members (excludes halogenated alkanes) is 2. The summed E-state index contributed by atoms with van der Waals surface area (Å²) < 4.78 is 26.7. The van der Waals surface area contributed by atoms with Gasteiger partial charge in [-0.25, -0.2) is 0 Å². The first-order valence-electron chi connectivity index (χ1n) is 7.03. The van der Waals surface area contributed by atoms with E-state index in [1.165, 1.54) is 0 Å². The van der Waals surface area contributed by atoms with Crippen LogP contribution >= 0.6 is 0 Å². The molecule has 0 aromatic heterocycles. The van der Waals surface area contributed by atoms with Crippen molar-refractivity contribution in [2.75, 3.05) is 18.0 Å². The van der Waals surface area contributed by atoms with E-state index >= 15 is 0 Å². The first kappa shape index (κ1) is 16.8. The molecule has 0 aliphatic heterocycles. The maximum absolute atomic E-state index is 11.0. The van der Waals surface area contributed by atoms with Crippen LogP contribution < -0.4 is 14.2 Å². The Bertz CT molecular complexity index is 495. The highest BCUT2D eigenvalue weighted by atomic mass is 32.2. The number of hydrogen-bond acceptors (Lipinski definition) is 4. The van der Waals surface area contributed by atoms with E-state index < -0.39 is 10.3 Å². The summed E-state index contributed by atoms with van der Waals surface area (Å²) in [6, 6.07) is 7.05. The zero-order valence-electron chi connectivity index (χ0n) is 12.2. The molecule has 114 valence electrons. The van der Waals surface area contributed by atoms with Crippen molar-refractivity contribution in [3.63, 3.8) is 0 Å². The van der Waals surface area contributed by atoms with Crippen LogP contribution in [-0.2, 0) is 10.3 Å². The number of rotatable bonds is 9. The molecule has 0 spiro atoms. The van der Waals surface area contributed by atoms with Crippen molar-refractivity contribution in [3.8, 4) is 5.75 Å². The Balaban J connectivity index is 2.86. The van der Waals surface area contributed by atoms with Crippen molar-refractivity contribution in [2.45, 2.75) is 39.5 Å². The van der Waals surface area contributed by atoms with E-state index in [9.17, 15) is 8.42 Å². The first-order chi connectivity index (χ1) is 9.46. The van der Waals surface area contributed by atoms with Gasteiger partial charge in [0.2, 0.25) is 0 Å². The lowest BCUT2D eigenvalue weighted by atomic mass is 10.2. The van der Waals surface area contributed by atoms with Crippen LogP contribution in [0.1, 0.15) is 39.5 Å². The van der Waals surface area contributed by atoms with Crippen molar-refractivity contribution in [2.24, 2.45) is 5.14 Å². The van der Waals surface area contributed by atoms with Gasteiger partial charge in [0.1, 0.15) is 5.75 Å². The lowest BCUT2D eigenvalue weighted by Crippen LogP contribution is -2.25. The SMILES string of the molecule is CCCCN(CCCC)c1cccc(OS(N)(=O)=O)c1. The second-order valence-corrected chi connectivity index (χ2v) is 5.92. The predicted octanol–water partition coefficient (Wildman–Crippen LogP) is 2.68. The van der Waals surface area contributed by atoms with E-state index in [0.717, 1.165) is 44.5 Å². The molecular formula is C14H24N2O3S. The highest BCUT2D eigenvalue weighted by molar-refractivity contribution is 7.84. The summed E-state index contributed by atoms with van der Waals surface area (Å²) in [5.41, 5.74) is 0.966. The highest BCUT2D eigenvalue weighted by Gasteiger charge is 2.09. The minimum atomic E-state index is -3.97. The maximum Gasteiger partial charge on any atom is 0.380 e. The molecule has 0 amide bonds. The summed E-state index contributed by atoms with van der Waals surface area (Å²) in [6.45, 7) is 6.21. The second-order valence-electron chi connectivity index (χ2n) is 4.77. The monoisotopic (exact) mass is 300 g/mol. The number of nitrogens with two attached hydrogens (primary N) is 1. The molecule has 6 heteroatoms. The van der Waals surface area contributed by atoms with Gasteiger partial charge in [0, 0.05) is 24.8 Å². The zero-order valence-corrected chi connectivity index (χ0v) is 13.0. The van der Waals surface area contributed by atoms with Gasteiger partial charge in [-0.2, -0.15) is 13.6 Å². The lowest BCUT2D eigenvalue weighted by molar-refractivity contribution is 0.487. The molecule has 0 fully saturated rings. The van der Waals surface area contributed by atoms with E-state index in [1.807, 2.05) is 6.07 Å². The highest BCUT2D eigenvalue weighted by Crippen LogP contribution is 2.22. The molecule has 0 saturated carbocycles. The maximum atomic E-state index is 11.0. The number of benzene rings is 1. The largest absolute Gasteiger partial charge is 0.380 e. The van der Waals surface area contributed by atoms with E-state index in [4.69, 9.17) is 9.32 Å². The summed E-state index contributed by atoms with van der Waals surface area (Å²) >= 11 is 0. The third kappa shape index (κ3) is 6.25. The number of anilines is 1. The van der Waals surface area contributed by atoms with Crippen LogP contribution in [0.4, 0.5) is 5.69 Å². The molecular weight excluding hydrogens is 276 g/mol. The van der Waals surface area contributed by atoms with Crippen molar-refractivity contribution in [3.05, 3.63) is 24.3 Å². The van der Waals surface area contributed by atoms with Crippen LogP contribution in [0.25, 0.3) is 0 Å². The predicted molar refractivity (Wildman–Crippen MR) is 82.2 cm³/mol.